The van der Waals surface area contributed by atoms with Crippen LogP contribution in [0.25, 0.3) is 0 Å². The third-order valence-corrected chi connectivity index (χ3v) is 6.63. The second kappa shape index (κ2) is 9.08. The molecule has 1 heterocycles. The summed E-state index contributed by atoms with van der Waals surface area (Å²) < 4.78 is 4.59. The van der Waals surface area contributed by atoms with E-state index < -0.39 is 5.97 Å². The number of methoxy groups -OCH3 is 1. The zero-order valence-electron chi connectivity index (χ0n) is 13.0. The van der Waals surface area contributed by atoms with Gasteiger partial charge in [-0.3, -0.25) is 4.79 Å². The van der Waals surface area contributed by atoms with Crippen molar-refractivity contribution in [1.82, 2.24) is 0 Å². The molecule has 23 heavy (non-hydrogen) atoms. The number of para-hydroxylation sites is 1. The molecule has 1 aliphatic heterocycles. The summed E-state index contributed by atoms with van der Waals surface area (Å²) in [5.74, 6) is 0.180. The van der Waals surface area contributed by atoms with Crippen molar-refractivity contribution in [2.75, 3.05) is 18.2 Å². The lowest BCUT2D eigenvalue weighted by atomic mass is 10.1. The lowest BCUT2D eigenvalue weighted by Crippen LogP contribution is -2.12. The van der Waals surface area contributed by atoms with Crippen molar-refractivity contribution in [2.45, 2.75) is 37.4 Å². The monoisotopic (exact) mass is 355 g/mol. The highest BCUT2D eigenvalue weighted by molar-refractivity contribution is 8.77. The predicted molar refractivity (Wildman–Crippen MR) is 95.0 cm³/mol. The van der Waals surface area contributed by atoms with E-state index in [4.69, 9.17) is 0 Å². The molecule has 1 saturated heterocycles. The fourth-order valence-electron chi connectivity index (χ4n) is 2.35. The number of ether oxygens (including phenoxy) is 1. The summed E-state index contributed by atoms with van der Waals surface area (Å²) in [4.78, 5) is 23.5. The summed E-state index contributed by atoms with van der Waals surface area (Å²) in [7, 11) is 5.12. The van der Waals surface area contributed by atoms with Gasteiger partial charge in [0.2, 0.25) is 5.91 Å². The van der Waals surface area contributed by atoms with Crippen LogP contribution in [0.1, 0.15) is 42.5 Å². The molecule has 1 aromatic carbocycles. The number of aromatic hydroxyl groups is 1. The topological polar surface area (TPSA) is 75.6 Å². The Kier molecular flexibility index (Phi) is 7.11. The Balaban J connectivity index is 1.79. The first-order valence-corrected chi connectivity index (χ1v) is 9.98. The standard InChI is InChI=1S/C16H21NO4S2/c1-21-16(20)12-6-4-7-13(15(12)19)17-14(18)8-3-2-5-11-9-10-22-23-11/h4,6-7,11,19H,2-3,5,8-10H2,1H3,(H,17,18). The summed E-state index contributed by atoms with van der Waals surface area (Å²) in [6.07, 6.45) is 4.67. The number of carbonyl (C=O) groups excluding carboxylic acids is 2. The van der Waals surface area contributed by atoms with Crippen LogP contribution in [-0.2, 0) is 9.53 Å². The molecule has 2 N–H and O–H groups in total. The summed E-state index contributed by atoms with van der Waals surface area (Å²) >= 11 is 0. The largest absolute Gasteiger partial charge is 0.505 e. The molecule has 1 amide bonds. The van der Waals surface area contributed by atoms with Gasteiger partial charge < -0.3 is 15.2 Å². The van der Waals surface area contributed by atoms with E-state index in [0.717, 1.165) is 24.5 Å². The number of rotatable bonds is 7. The predicted octanol–water partition coefficient (Wildman–Crippen LogP) is 3.83. The molecular weight excluding hydrogens is 334 g/mol. The molecule has 0 aromatic heterocycles. The third-order valence-electron chi connectivity index (χ3n) is 3.62. The first-order chi connectivity index (χ1) is 11.1. The molecule has 1 fully saturated rings. The van der Waals surface area contributed by atoms with E-state index in [-0.39, 0.29) is 22.9 Å². The lowest BCUT2D eigenvalue weighted by molar-refractivity contribution is -0.116. The average Bonchev–Trinajstić information content (AvgIpc) is 3.06. The van der Waals surface area contributed by atoms with Gasteiger partial charge in [0.15, 0.2) is 5.75 Å². The van der Waals surface area contributed by atoms with Crippen molar-refractivity contribution >= 4 is 39.2 Å². The Bertz CT molecular complexity index is 559. The van der Waals surface area contributed by atoms with Gasteiger partial charge in [0, 0.05) is 17.4 Å². The second-order valence-electron chi connectivity index (χ2n) is 5.32. The van der Waals surface area contributed by atoms with Crippen LogP contribution in [0.15, 0.2) is 18.2 Å². The van der Waals surface area contributed by atoms with E-state index in [1.165, 1.54) is 25.3 Å². The van der Waals surface area contributed by atoms with E-state index in [1.54, 1.807) is 12.1 Å². The summed E-state index contributed by atoms with van der Waals surface area (Å²) in [5.41, 5.74) is 0.279. The number of benzene rings is 1. The fraction of sp³-hybridized carbons (Fsp3) is 0.500. The summed E-state index contributed by atoms with van der Waals surface area (Å²) in [6, 6.07) is 4.61. The molecule has 7 heteroatoms. The molecule has 0 saturated carbocycles. The highest BCUT2D eigenvalue weighted by Crippen LogP contribution is 2.39. The zero-order chi connectivity index (χ0) is 16.7. The average molecular weight is 355 g/mol. The van der Waals surface area contributed by atoms with Crippen molar-refractivity contribution in [3.05, 3.63) is 23.8 Å². The van der Waals surface area contributed by atoms with E-state index in [2.05, 4.69) is 10.1 Å². The number of hydrogen-bond acceptors (Lipinski definition) is 6. The third kappa shape index (κ3) is 5.35. The minimum atomic E-state index is -0.634. The smallest absolute Gasteiger partial charge is 0.341 e. The maximum Gasteiger partial charge on any atom is 0.341 e. The number of carbonyl (C=O) groups is 2. The molecule has 5 nitrogen and oxygen atoms in total. The van der Waals surface area contributed by atoms with E-state index >= 15 is 0 Å². The van der Waals surface area contributed by atoms with Crippen molar-refractivity contribution < 1.29 is 19.4 Å². The number of phenols is 1. The normalized spacial score (nSPS) is 17.0. The fourth-order valence-corrected chi connectivity index (χ4v) is 5.38. The van der Waals surface area contributed by atoms with Crippen molar-refractivity contribution in [2.24, 2.45) is 0 Å². The molecular formula is C16H21NO4S2. The molecule has 0 spiro atoms. The van der Waals surface area contributed by atoms with Crippen LogP contribution in [0.4, 0.5) is 5.69 Å². The van der Waals surface area contributed by atoms with Crippen LogP contribution in [0.5, 0.6) is 5.75 Å². The van der Waals surface area contributed by atoms with Gasteiger partial charge in [-0.25, -0.2) is 4.79 Å². The molecule has 1 aliphatic rings. The minimum Gasteiger partial charge on any atom is -0.505 e. The highest BCUT2D eigenvalue weighted by Gasteiger charge is 2.17. The molecule has 0 bridgehead atoms. The van der Waals surface area contributed by atoms with Crippen LogP contribution in [0, 0.1) is 0 Å². The van der Waals surface area contributed by atoms with Gasteiger partial charge in [0.1, 0.15) is 5.56 Å². The summed E-state index contributed by atoms with van der Waals surface area (Å²) in [5, 5.41) is 13.4. The quantitative estimate of drug-likeness (QED) is 0.335. The van der Waals surface area contributed by atoms with Gasteiger partial charge in [0.25, 0.3) is 0 Å². The van der Waals surface area contributed by atoms with Crippen LogP contribution in [-0.4, -0.2) is 35.1 Å². The first-order valence-electron chi connectivity index (χ1n) is 7.60. The Labute approximate surface area is 144 Å². The lowest BCUT2D eigenvalue weighted by Gasteiger charge is -2.10. The Morgan fingerprint density at radius 1 is 1.39 bits per heavy atom. The van der Waals surface area contributed by atoms with Crippen LogP contribution >= 0.6 is 21.6 Å². The first kappa shape index (κ1) is 18.0. The minimum absolute atomic E-state index is 0.0426. The molecule has 0 radical (unpaired) electrons. The van der Waals surface area contributed by atoms with Gasteiger partial charge in [0.05, 0.1) is 12.8 Å². The molecule has 126 valence electrons. The van der Waals surface area contributed by atoms with Crippen LogP contribution in [0.3, 0.4) is 0 Å². The SMILES string of the molecule is COC(=O)c1cccc(NC(=O)CCCCC2CCSS2)c1O. The number of phenolic OH excluding ortho intramolecular Hbond substituents is 1. The van der Waals surface area contributed by atoms with Gasteiger partial charge in [-0.1, -0.05) is 34.1 Å². The highest BCUT2D eigenvalue weighted by atomic mass is 33.1. The van der Waals surface area contributed by atoms with E-state index in [1.807, 2.05) is 21.6 Å². The molecule has 2 rings (SSSR count). The molecule has 1 unspecified atom stereocenters. The van der Waals surface area contributed by atoms with E-state index in [0.29, 0.717) is 6.42 Å². The van der Waals surface area contributed by atoms with E-state index in [9.17, 15) is 14.7 Å². The maximum atomic E-state index is 12.0. The Morgan fingerprint density at radius 2 is 2.22 bits per heavy atom. The molecule has 1 aromatic rings. The van der Waals surface area contributed by atoms with Gasteiger partial charge in [-0.05, 0) is 31.4 Å². The van der Waals surface area contributed by atoms with Crippen molar-refractivity contribution in [3.63, 3.8) is 0 Å². The number of nitrogens with one attached hydrogen (secondary N) is 1. The number of unbranched alkanes of at least 4 members (excludes halogenated alkanes) is 1. The Hall–Kier alpha value is -1.34. The van der Waals surface area contributed by atoms with Crippen LogP contribution in [0.2, 0.25) is 0 Å². The summed E-state index contributed by atoms with van der Waals surface area (Å²) in [6.45, 7) is 0. The number of amides is 1. The zero-order valence-corrected chi connectivity index (χ0v) is 14.7. The number of anilines is 1. The van der Waals surface area contributed by atoms with Crippen LogP contribution < -0.4 is 5.32 Å². The molecule has 1 atom stereocenters. The van der Waals surface area contributed by atoms with Gasteiger partial charge in [-0.15, -0.1) is 0 Å². The maximum absolute atomic E-state index is 12.0. The number of esters is 1. The van der Waals surface area contributed by atoms with Crippen molar-refractivity contribution in [1.29, 1.82) is 0 Å². The van der Waals surface area contributed by atoms with Gasteiger partial charge >= 0.3 is 5.97 Å². The van der Waals surface area contributed by atoms with Gasteiger partial charge in [-0.2, -0.15) is 0 Å². The second-order valence-corrected chi connectivity index (χ2v) is 8.10. The van der Waals surface area contributed by atoms with Crippen molar-refractivity contribution in [3.8, 4) is 5.75 Å². The molecule has 0 aliphatic carbocycles. The number of hydrogen-bond donors (Lipinski definition) is 2. The Morgan fingerprint density at radius 3 is 2.91 bits per heavy atom.